The fourth-order valence-electron chi connectivity index (χ4n) is 4.28. The third kappa shape index (κ3) is 5.69. The molecule has 0 spiro atoms. The van der Waals surface area contributed by atoms with Crippen LogP contribution in [0.3, 0.4) is 0 Å². The fraction of sp³-hybridized carbons (Fsp3) is 0.161. The maximum absolute atomic E-state index is 13.2. The SMILES string of the molecule is CCOc1cc(C=C2SC(=S)N(Cc3ccc(OC)cc3)C2=O)ccc1OCc1cccc2ccccc12. The lowest BCUT2D eigenvalue weighted by atomic mass is 10.1. The van der Waals surface area contributed by atoms with E-state index in [1.165, 1.54) is 22.5 Å². The van der Waals surface area contributed by atoms with Crippen molar-refractivity contribution in [3.8, 4) is 17.2 Å². The number of methoxy groups -OCH3 is 1. The van der Waals surface area contributed by atoms with Crippen molar-refractivity contribution in [2.24, 2.45) is 0 Å². The summed E-state index contributed by atoms with van der Waals surface area (Å²) in [5.41, 5.74) is 2.93. The van der Waals surface area contributed by atoms with Gasteiger partial charge in [0.05, 0.1) is 25.2 Å². The lowest BCUT2D eigenvalue weighted by molar-refractivity contribution is -0.122. The predicted octanol–water partition coefficient (Wildman–Crippen LogP) is 7.23. The lowest BCUT2D eigenvalue weighted by Crippen LogP contribution is -2.27. The van der Waals surface area contributed by atoms with Gasteiger partial charge in [0.15, 0.2) is 11.5 Å². The Balaban J connectivity index is 1.32. The molecule has 38 heavy (non-hydrogen) atoms. The fourth-order valence-corrected chi connectivity index (χ4v) is 5.53. The summed E-state index contributed by atoms with van der Waals surface area (Å²) in [4.78, 5) is 15.4. The van der Waals surface area contributed by atoms with Gasteiger partial charge < -0.3 is 14.2 Å². The van der Waals surface area contributed by atoms with Gasteiger partial charge in [-0.2, -0.15) is 0 Å². The Bertz CT molecular complexity index is 1510. The van der Waals surface area contributed by atoms with E-state index in [1.54, 1.807) is 12.0 Å². The first kappa shape index (κ1) is 25.8. The molecule has 1 saturated heterocycles. The Kier molecular flexibility index (Phi) is 7.96. The van der Waals surface area contributed by atoms with E-state index in [9.17, 15) is 4.79 Å². The van der Waals surface area contributed by atoms with E-state index in [4.69, 9.17) is 26.4 Å². The number of fused-ring (bicyclic) bond motifs is 1. The van der Waals surface area contributed by atoms with Crippen LogP contribution in [0.2, 0.25) is 0 Å². The van der Waals surface area contributed by atoms with E-state index >= 15 is 0 Å². The minimum Gasteiger partial charge on any atom is -0.497 e. The molecule has 0 bridgehead atoms. The van der Waals surface area contributed by atoms with Crippen LogP contribution in [0.4, 0.5) is 0 Å². The van der Waals surface area contributed by atoms with Crippen molar-refractivity contribution in [2.75, 3.05) is 13.7 Å². The van der Waals surface area contributed by atoms with Crippen LogP contribution < -0.4 is 14.2 Å². The van der Waals surface area contributed by atoms with Gasteiger partial charge in [-0.25, -0.2) is 0 Å². The van der Waals surface area contributed by atoms with Gasteiger partial charge in [-0.15, -0.1) is 0 Å². The van der Waals surface area contributed by atoms with Crippen molar-refractivity contribution in [2.45, 2.75) is 20.1 Å². The Labute approximate surface area is 232 Å². The summed E-state index contributed by atoms with van der Waals surface area (Å²) in [6.07, 6.45) is 1.85. The van der Waals surface area contributed by atoms with E-state index < -0.39 is 0 Å². The molecule has 1 heterocycles. The first-order valence-electron chi connectivity index (χ1n) is 12.3. The summed E-state index contributed by atoms with van der Waals surface area (Å²) in [7, 11) is 1.63. The molecule has 7 heteroatoms. The molecule has 1 amide bonds. The smallest absolute Gasteiger partial charge is 0.266 e. The van der Waals surface area contributed by atoms with Crippen LogP contribution in [0, 0.1) is 0 Å². The molecule has 5 rings (SSSR count). The molecule has 192 valence electrons. The van der Waals surface area contributed by atoms with Crippen LogP contribution in [0.25, 0.3) is 16.8 Å². The van der Waals surface area contributed by atoms with E-state index in [0.29, 0.717) is 40.5 Å². The van der Waals surface area contributed by atoms with Crippen molar-refractivity contribution >= 4 is 51.1 Å². The number of rotatable bonds is 9. The summed E-state index contributed by atoms with van der Waals surface area (Å²) < 4.78 is 17.8. The third-order valence-electron chi connectivity index (χ3n) is 6.20. The number of benzene rings is 4. The van der Waals surface area contributed by atoms with E-state index in [2.05, 4.69) is 24.3 Å². The molecule has 4 aromatic rings. The van der Waals surface area contributed by atoms with Gasteiger partial charge in [0.1, 0.15) is 16.7 Å². The minimum atomic E-state index is -0.106. The van der Waals surface area contributed by atoms with Crippen LogP contribution >= 0.6 is 24.0 Å². The molecule has 4 aromatic carbocycles. The second-order valence-corrected chi connectivity index (χ2v) is 10.4. The maximum Gasteiger partial charge on any atom is 0.266 e. The Morgan fingerprint density at radius 2 is 1.71 bits per heavy atom. The molecule has 1 aliphatic heterocycles. The monoisotopic (exact) mass is 541 g/mol. The second kappa shape index (κ2) is 11.7. The van der Waals surface area contributed by atoms with Crippen molar-refractivity contribution in [1.82, 2.24) is 4.90 Å². The van der Waals surface area contributed by atoms with E-state index in [0.717, 1.165) is 22.4 Å². The topological polar surface area (TPSA) is 48.0 Å². The maximum atomic E-state index is 13.2. The molecular formula is C31H27NO4S2. The highest BCUT2D eigenvalue weighted by Crippen LogP contribution is 2.36. The van der Waals surface area contributed by atoms with E-state index in [-0.39, 0.29) is 5.91 Å². The van der Waals surface area contributed by atoms with Crippen LogP contribution in [0.5, 0.6) is 17.2 Å². The number of ether oxygens (including phenoxy) is 3. The molecular weight excluding hydrogens is 514 g/mol. The largest absolute Gasteiger partial charge is 0.497 e. The van der Waals surface area contributed by atoms with Crippen molar-refractivity contribution in [3.63, 3.8) is 0 Å². The van der Waals surface area contributed by atoms with Crippen LogP contribution in [0.15, 0.2) is 89.8 Å². The highest BCUT2D eigenvalue weighted by molar-refractivity contribution is 8.26. The number of thioether (sulfide) groups is 1. The van der Waals surface area contributed by atoms with Crippen molar-refractivity contribution < 1.29 is 19.0 Å². The van der Waals surface area contributed by atoms with Crippen LogP contribution in [-0.2, 0) is 17.9 Å². The van der Waals surface area contributed by atoms with Gasteiger partial charge in [0, 0.05) is 0 Å². The number of carbonyl (C=O) groups is 1. The Morgan fingerprint density at radius 1 is 0.921 bits per heavy atom. The first-order valence-corrected chi connectivity index (χ1v) is 13.5. The normalized spacial score (nSPS) is 14.4. The summed E-state index contributed by atoms with van der Waals surface area (Å²) in [5.74, 6) is 1.96. The Hall–Kier alpha value is -3.81. The zero-order chi connectivity index (χ0) is 26.5. The highest BCUT2D eigenvalue weighted by Gasteiger charge is 2.32. The van der Waals surface area contributed by atoms with Gasteiger partial charge >= 0.3 is 0 Å². The minimum absolute atomic E-state index is 0.106. The van der Waals surface area contributed by atoms with Gasteiger partial charge in [-0.3, -0.25) is 9.69 Å². The Morgan fingerprint density at radius 3 is 2.50 bits per heavy atom. The molecule has 5 nitrogen and oxygen atoms in total. The zero-order valence-electron chi connectivity index (χ0n) is 21.2. The summed E-state index contributed by atoms with van der Waals surface area (Å²) in [6, 6.07) is 27.8. The summed E-state index contributed by atoms with van der Waals surface area (Å²) in [5, 5.41) is 2.35. The quantitative estimate of drug-likeness (QED) is 0.165. The molecule has 0 aliphatic carbocycles. The number of carbonyl (C=O) groups excluding carboxylic acids is 1. The van der Waals surface area contributed by atoms with Crippen molar-refractivity contribution in [3.05, 3.63) is 107 Å². The zero-order valence-corrected chi connectivity index (χ0v) is 22.8. The molecule has 0 saturated carbocycles. The third-order valence-corrected chi connectivity index (χ3v) is 7.58. The molecule has 0 N–H and O–H groups in total. The van der Waals surface area contributed by atoms with E-state index in [1.807, 2.05) is 73.7 Å². The molecule has 0 aromatic heterocycles. The van der Waals surface area contributed by atoms with Gasteiger partial charge in [0.2, 0.25) is 0 Å². The molecule has 0 atom stereocenters. The number of nitrogens with zero attached hydrogens (tertiary/aromatic N) is 1. The second-order valence-electron chi connectivity index (χ2n) is 8.68. The van der Waals surface area contributed by atoms with Gasteiger partial charge in [-0.05, 0) is 64.7 Å². The predicted molar refractivity (Wildman–Crippen MR) is 158 cm³/mol. The lowest BCUT2D eigenvalue weighted by Gasteiger charge is -2.15. The number of amides is 1. The average molecular weight is 542 g/mol. The average Bonchev–Trinajstić information content (AvgIpc) is 3.20. The number of hydrogen-bond donors (Lipinski definition) is 0. The first-order chi connectivity index (χ1) is 18.6. The summed E-state index contributed by atoms with van der Waals surface area (Å²) in [6.45, 7) is 3.27. The standard InChI is InChI=1S/C31H27NO4S2/c1-3-35-28-17-22(13-16-27(28)36-20-24-9-6-8-23-7-4-5-10-26(23)24)18-29-30(33)32(31(37)38-29)19-21-11-14-25(34-2)15-12-21/h4-18H,3,19-20H2,1-2H3. The highest BCUT2D eigenvalue weighted by atomic mass is 32.2. The van der Waals surface area contributed by atoms with Gasteiger partial charge in [0.25, 0.3) is 5.91 Å². The summed E-state index contributed by atoms with van der Waals surface area (Å²) >= 11 is 6.83. The molecule has 1 fully saturated rings. The molecule has 0 unspecified atom stereocenters. The number of thiocarbonyl (C=S) groups is 1. The van der Waals surface area contributed by atoms with Crippen LogP contribution in [0.1, 0.15) is 23.6 Å². The molecule has 0 radical (unpaired) electrons. The van der Waals surface area contributed by atoms with Gasteiger partial charge in [-0.1, -0.05) is 84.6 Å². The van der Waals surface area contributed by atoms with Crippen molar-refractivity contribution in [1.29, 1.82) is 0 Å². The number of hydrogen-bond acceptors (Lipinski definition) is 6. The molecule has 1 aliphatic rings. The van der Waals surface area contributed by atoms with Crippen LogP contribution in [-0.4, -0.2) is 28.8 Å².